The van der Waals surface area contributed by atoms with Gasteiger partial charge >= 0.3 is 5.97 Å². The number of ether oxygens (including phenoxy) is 1. The number of thiol groups is 1. The summed E-state index contributed by atoms with van der Waals surface area (Å²) in [5.41, 5.74) is -6.80. The molecule has 10 heteroatoms. The maximum Gasteiger partial charge on any atom is 0.375 e. The first-order chi connectivity index (χ1) is 19.7. The zero-order valence-corrected chi connectivity index (χ0v) is 26.1. The average molecular weight is 608 g/mol. The number of aliphatic hydroxyl groups is 1. The van der Waals surface area contributed by atoms with Crippen LogP contribution in [0.3, 0.4) is 0 Å². The maximum atomic E-state index is 17.3. The van der Waals surface area contributed by atoms with Crippen molar-refractivity contribution in [2.45, 2.75) is 84.4 Å². The van der Waals surface area contributed by atoms with E-state index < -0.39 is 69.0 Å². The molecule has 1 aromatic rings. The number of fused-ring (bicyclic) bond motifs is 5. The molecule has 3 fully saturated rings. The monoisotopic (exact) mass is 607 g/mol. The van der Waals surface area contributed by atoms with Gasteiger partial charge in [-0.3, -0.25) is 9.59 Å². The Hall–Kier alpha value is -2.30. The van der Waals surface area contributed by atoms with Crippen molar-refractivity contribution < 1.29 is 37.4 Å². The fourth-order valence-electron chi connectivity index (χ4n) is 8.50. The molecule has 0 aliphatic heterocycles. The Morgan fingerprint density at radius 2 is 1.81 bits per heavy atom. The molecule has 42 heavy (non-hydrogen) atoms. The first-order valence-corrected chi connectivity index (χ1v) is 15.3. The summed E-state index contributed by atoms with van der Waals surface area (Å²) in [6.45, 7) is 15.1. The van der Waals surface area contributed by atoms with Gasteiger partial charge in [-0.05, 0) is 81.6 Å². The maximum absolute atomic E-state index is 17.3. The largest absolute Gasteiger partial charge is 0.457 e. The van der Waals surface area contributed by atoms with Crippen molar-refractivity contribution >= 4 is 29.5 Å². The lowest BCUT2D eigenvalue weighted by molar-refractivity contribution is -0.221. The van der Waals surface area contributed by atoms with Gasteiger partial charge in [0.25, 0.3) is 0 Å². The highest BCUT2D eigenvalue weighted by molar-refractivity contribution is 7.96. The van der Waals surface area contributed by atoms with E-state index in [-0.39, 0.29) is 30.6 Å². The van der Waals surface area contributed by atoms with Crippen molar-refractivity contribution in [3.63, 3.8) is 0 Å². The topological polar surface area (TPSA) is 97.1 Å². The number of carbonyl (C=O) groups excluding carboxylic acids is 3. The van der Waals surface area contributed by atoms with Crippen LogP contribution in [0.1, 0.15) is 71.4 Å². The van der Waals surface area contributed by atoms with E-state index in [0.29, 0.717) is 0 Å². The number of nitrogens with zero attached hydrogens (tertiary/aromatic N) is 1. The molecule has 0 saturated heterocycles. The number of alkyl halides is 2. The summed E-state index contributed by atoms with van der Waals surface area (Å²) in [5.74, 6) is -3.57. The van der Waals surface area contributed by atoms with Crippen molar-refractivity contribution in [2.75, 3.05) is 19.6 Å². The second-order valence-corrected chi connectivity index (χ2v) is 12.9. The fraction of sp³-hybridized carbons (Fsp3) is 0.656. The number of rotatable bonds is 6. The third-order valence-electron chi connectivity index (χ3n) is 10.8. The van der Waals surface area contributed by atoms with Crippen LogP contribution in [0, 0.1) is 28.6 Å². The average Bonchev–Trinajstić information content (AvgIpc) is 3.55. The summed E-state index contributed by atoms with van der Waals surface area (Å²) in [4.78, 5) is 40.4. The van der Waals surface area contributed by atoms with Gasteiger partial charge in [0.15, 0.2) is 17.1 Å². The van der Waals surface area contributed by atoms with E-state index in [1.54, 1.807) is 13.8 Å². The van der Waals surface area contributed by atoms with E-state index in [2.05, 4.69) is 38.3 Å². The number of furan rings is 1. The van der Waals surface area contributed by atoms with Crippen LogP contribution in [0.15, 0.2) is 46.6 Å². The molecule has 4 aliphatic rings. The van der Waals surface area contributed by atoms with Gasteiger partial charge in [0, 0.05) is 22.7 Å². The van der Waals surface area contributed by atoms with Crippen LogP contribution in [0.4, 0.5) is 8.78 Å². The number of ketones is 1. The lowest BCUT2D eigenvalue weighted by Crippen LogP contribution is -2.70. The number of halogens is 2. The molecule has 1 aromatic heterocycles. The quantitative estimate of drug-likeness (QED) is 0.324. The lowest BCUT2D eigenvalue weighted by atomic mass is 9.44. The minimum absolute atomic E-state index is 0.0261. The Morgan fingerprint density at radius 1 is 1.17 bits per heavy atom. The summed E-state index contributed by atoms with van der Waals surface area (Å²) < 4.78 is 43.8. The second kappa shape index (κ2) is 11.7. The molecule has 1 heterocycles. The Bertz CT molecular complexity index is 1260. The van der Waals surface area contributed by atoms with Crippen LogP contribution < -0.4 is 0 Å². The van der Waals surface area contributed by atoms with E-state index in [0.717, 1.165) is 6.08 Å². The van der Waals surface area contributed by atoms with Gasteiger partial charge in [-0.2, -0.15) is 0 Å². The molecule has 1 N–H and O–H groups in total. The van der Waals surface area contributed by atoms with E-state index in [1.165, 1.54) is 57.1 Å². The van der Waals surface area contributed by atoms with Crippen molar-refractivity contribution in [2.24, 2.45) is 28.6 Å². The molecule has 0 amide bonds. The number of hydrogen-bond acceptors (Lipinski definition) is 7. The molecular formula is C32H43F2NO6S. The highest BCUT2D eigenvalue weighted by Crippen LogP contribution is 2.71. The number of carbonyl (C=O) groups is 3. The van der Waals surface area contributed by atoms with Gasteiger partial charge in [0.1, 0.15) is 6.17 Å². The van der Waals surface area contributed by atoms with Gasteiger partial charge in [-0.25, -0.2) is 13.6 Å². The normalized spacial score (nSPS) is 40.3. The molecule has 5 rings (SSSR count). The molecule has 232 valence electrons. The first-order valence-electron chi connectivity index (χ1n) is 14.9. The molecule has 7 nitrogen and oxygen atoms in total. The predicted molar refractivity (Wildman–Crippen MR) is 157 cm³/mol. The van der Waals surface area contributed by atoms with Crippen molar-refractivity contribution in [1.82, 2.24) is 4.90 Å². The molecule has 9 atom stereocenters. The first kappa shape index (κ1) is 32.6. The molecule has 3 saturated carbocycles. The Labute approximate surface area is 252 Å². The van der Waals surface area contributed by atoms with Crippen molar-refractivity contribution in [3.8, 4) is 0 Å². The molecule has 0 bridgehead atoms. The molecule has 0 unspecified atom stereocenters. The number of allylic oxidation sites excluding steroid dienone is 4. The summed E-state index contributed by atoms with van der Waals surface area (Å²) in [6.07, 6.45) is 1.58. The van der Waals surface area contributed by atoms with Crippen molar-refractivity contribution in [1.29, 1.82) is 0 Å². The van der Waals surface area contributed by atoms with E-state index in [1.807, 2.05) is 0 Å². The zero-order valence-electron chi connectivity index (χ0n) is 25.2. The standard InChI is InChI=1S/C26H28F2O6S.C6H15N/c1-13-9-15-16-11-18(27)17-10-14(29)6-7-23(17,2)25(16,28)20(30)12-24(15,3)26(13,22(32)35)34-21(31)19-5-4-8-33-19;1-4-7(5-2)6-3/h4-8,10,13,15-16,18,20,30H,9,11-12H2,1-3H3,(H,32,35);4-6H2,1-3H3/t13-,15+,16+,18+,20+,23+,24+,25+,26+;/m1./s1. The Morgan fingerprint density at radius 3 is 2.33 bits per heavy atom. The van der Waals surface area contributed by atoms with Gasteiger partial charge in [-0.15, -0.1) is 12.6 Å². The molecular weight excluding hydrogens is 564 g/mol. The fourth-order valence-corrected chi connectivity index (χ4v) is 9.02. The summed E-state index contributed by atoms with van der Waals surface area (Å²) in [5, 5.41) is 10.7. The van der Waals surface area contributed by atoms with Crippen LogP contribution in [-0.4, -0.2) is 70.1 Å². The highest BCUT2D eigenvalue weighted by atomic mass is 32.1. The van der Waals surface area contributed by atoms with Gasteiger partial charge < -0.3 is 19.2 Å². The molecule has 0 spiro atoms. The lowest BCUT2D eigenvalue weighted by Gasteiger charge is -2.63. The second-order valence-electron chi connectivity index (χ2n) is 12.5. The minimum atomic E-state index is -2.29. The van der Waals surface area contributed by atoms with Gasteiger partial charge in [0.2, 0.25) is 10.9 Å². The third-order valence-corrected chi connectivity index (χ3v) is 11.1. The SMILES string of the molecule is CCN(CC)CC.C[C@@H]1C[C@H]2[C@@H]3C[C@H](F)C4=CC(=O)C=C[C@]4(C)[C@@]3(F)[C@@H](O)C[C@]2(C)[C@@]1(OC(=O)c1ccco1)C(=O)S. The Kier molecular flexibility index (Phi) is 9.05. The summed E-state index contributed by atoms with van der Waals surface area (Å²) >= 11 is 4.11. The van der Waals surface area contributed by atoms with E-state index >= 15 is 8.78 Å². The van der Waals surface area contributed by atoms with Crippen LogP contribution in [0.25, 0.3) is 0 Å². The van der Waals surface area contributed by atoms with Crippen LogP contribution >= 0.6 is 12.6 Å². The number of esters is 1. The third kappa shape index (κ3) is 4.63. The molecule has 0 radical (unpaired) electrons. The number of hydrogen-bond donors (Lipinski definition) is 2. The van der Waals surface area contributed by atoms with Crippen LogP contribution in [0.5, 0.6) is 0 Å². The van der Waals surface area contributed by atoms with Gasteiger partial charge in [-0.1, -0.05) is 40.7 Å². The summed E-state index contributed by atoms with van der Waals surface area (Å²) in [6, 6.07) is 2.91. The number of aliphatic hydroxyl groups excluding tert-OH is 1. The highest BCUT2D eigenvalue weighted by Gasteiger charge is 2.78. The zero-order chi connectivity index (χ0) is 31.3. The Balaban J connectivity index is 0.000000517. The smallest absolute Gasteiger partial charge is 0.375 e. The molecule has 0 aromatic carbocycles. The van der Waals surface area contributed by atoms with Crippen LogP contribution in [0.2, 0.25) is 0 Å². The summed E-state index contributed by atoms with van der Waals surface area (Å²) in [7, 11) is 0. The van der Waals surface area contributed by atoms with Crippen LogP contribution in [-0.2, 0) is 14.3 Å². The molecule has 4 aliphatic carbocycles. The van der Waals surface area contributed by atoms with Crippen molar-refractivity contribution in [3.05, 3.63) is 48.0 Å². The predicted octanol–water partition coefficient (Wildman–Crippen LogP) is 5.54. The minimum Gasteiger partial charge on any atom is -0.457 e. The van der Waals surface area contributed by atoms with Gasteiger partial charge in [0.05, 0.1) is 12.4 Å². The van der Waals surface area contributed by atoms with E-state index in [9.17, 15) is 19.5 Å². The van der Waals surface area contributed by atoms with E-state index in [4.69, 9.17) is 9.15 Å².